The zero-order valence-corrected chi connectivity index (χ0v) is 18.4. The lowest BCUT2D eigenvalue weighted by atomic mass is 9.97. The fraction of sp³-hybridized carbons (Fsp3) is 0.200. The van der Waals surface area contributed by atoms with Gasteiger partial charge in [-0.3, -0.25) is 4.79 Å². The van der Waals surface area contributed by atoms with Gasteiger partial charge >= 0.3 is 0 Å². The first-order valence-corrected chi connectivity index (χ1v) is 10.3. The molecule has 0 saturated heterocycles. The van der Waals surface area contributed by atoms with Crippen LogP contribution in [0.5, 0.6) is 11.5 Å². The molecule has 3 aromatic rings. The molecule has 158 valence electrons. The maximum Gasteiger partial charge on any atom is 0.276 e. The normalized spacial score (nSPS) is 15.5. The Morgan fingerprint density at radius 3 is 2.39 bits per heavy atom. The van der Waals surface area contributed by atoms with Gasteiger partial charge in [0.25, 0.3) is 5.91 Å². The third-order valence-electron chi connectivity index (χ3n) is 5.40. The second kappa shape index (κ2) is 8.82. The van der Waals surface area contributed by atoms with Crippen LogP contribution in [-0.4, -0.2) is 30.8 Å². The van der Waals surface area contributed by atoms with E-state index in [1.54, 1.807) is 38.5 Å². The van der Waals surface area contributed by atoms with Gasteiger partial charge in [0, 0.05) is 12.0 Å². The number of benzene rings is 3. The Kier molecular flexibility index (Phi) is 5.96. The largest absolute Gasteiger partial charge is 0.493 e. The molecule has 1 aliphatic rings. The van der Waals surface area contributed by atoms with Crippen LogP contribution in [0.3, 0.4) is 0 Å². The molecule has 0 N–H and O–H groups in total. The molecule has 3 aromatic carbocycles. The molecule has 1 atom stereocenters. The number of methoxy groups -OCH3 is 2. The molecule has 0 aliphatic carbocycles. The van der Waals surface area contributed by atoms with Crippen LogP contribution in [-0.2, 0) is 0 Å². The minimum absolute atomic E-state index is 0.229. The first-order chi connectivity index (χ1) is 15.0. The van der Waals surface area contributed by atoms with E-state index in [4.69, 9.17) is 26.2 Å². The quantitative estimate of drug-likeness (QED) is 0.520. The topological polar surface area (TPSA) is 51.1 Å². The van der Waals surface area contributed by atoms with Crippen molar-refractivity contribution in [1.82, 2.24) is 5.01 Å². The molecule has 0 saturated carbocycles. The third kappa shape index (κ3) is 4.14. The first kappa shape index (κ1) is 20.9. The number of carbonyl (C=O) groups is 1. The zero-order valence-electron chi connectivity index (χ0n) is 17.6. The number of ether oxygens (including phenoxy) is 2. The molecule has 1 aliphatic heterocycles. The number of carbonyl (C=O) groups excluding carboxylic acids is 1. The van der Waals surface area contributed by atoms with Crippen molar-refractivity contribution in [2.24, 2.45) is 5.10 Å². The molecule has 31 heavy (non-hydrogen) atoms. The molecule has 6 heteroatoms. The molecule has 0 bridgehead atoms. The summed E-state index contributed by atoms with van der Waals surface area (Å²) in [5, 5.41) is 6.68. The Morgan fingerprint density at radius 2 is 1.71 bits per heavy atom. The highest BCUT2D eigenvalue weighted by Gasteiger charge is 2.34. The minimum Gasteiger partial charge on any atom is -0.493 e. The molecule has 1 amide bonds. The zero-order chi connectivity index (χ0) is 22.0. The Morgan fingerprint density at radius 1 is 1.00 bits per heavy atom. The fourth-order valence-corrected chi connectivity index (χ4v) is 3.91. The minimum atomic E-state index is -0.230. The van der Waals surface area contributed by atoms with Gasteiger partial charge in [-0.05, 0) is 42.8 Å². The predicted octanol–water partition coefficient (Wildman–Crippen LogP) is 5.66. The van der Waals surface area contributed by atoms with Gasteiger partial charge in [0.1, 0.15) is 0 Å². The van der Waals surface area contributed by atoms with Gasteiger partial charge in [-0.1, -0.05) is 53.6 Å². The second-order valence-corrected chi connectivity index (χ2v) is 7.78. The summed E-state index contributed by atoms with van der Waals surface area (Å²) in [6.45, 7) is 2.04. The molecular weight excluding hydrogens is 412 g/mol. The summed E-state index contributed by atoms with van der Waals surface area (Å²) < 4.78 is 10.8. The first-order valence-electron chi connectivity index (χ1n) is 9.96. The van der Waals surface area contributed by atoms with Gasteiger partial charge in [-0.2, -0.15) is 5.10 Å². The van der Waals surface area contributed by atoms with E-state index in [2.05, 4.69) is 0 Å². The highest BCUT2D eigenvalue weighted by molar-refractivity contribution is 6.33. The van der Waals surface area contributed by atoms with E-state index in [9.17, 15) is 4.79 Å². The van der Waals surface area contributed by atoms with Crippen molar-refractivity contribution in [2.45, 2.75) is 19.4 Å². The van der Waals surface area contributed by atoms with Gasteiger partial charge < -0.3 is 9.47 Å². The number of nitrogens with zero attached hydrogens (tertiary/aromatic N) is 2. The van der Waals surface area contributed by atoms with Crippen LogP contribution < -0.4 is 9.47 Å². The Hall–Kier alpha value is -3.31. The predicted molar refractivity (Wildman–Crippen MR) is 122 cm³/mol. The molecule has 5 nitrogen and oxygen atoms in total. The van der Waals surface area contributed by atoms with E-state index in [0.29, 0.717) is 28.5 Å². The average molecular weight is 435 g/mol. The fourth-order valence-electron chi connectivity index (χ4n) is 3.69. The van der Waals surface area contributed by atoms with Gasteiger partial charge in [0.15, 0.2) is 11.5 Å². The maximum atomic E-state index is 13.4. The molecule has 0 unspecified atom stereocenters. The number of aryl methyl sites for hydroxylation is 1. The lowest BCUT2D eigenvalue weighted by molar-refractivity contribution is 0.0711. The SMILES string of the molecule is COc1ccc(C2=NN(C(=O)c3ccccc3Cl)[C@H](c3ccc(C)cc3)C2)cc1OC. The van der Waals surface area contributed by atoms with Crippen LogP contribution in [0, 0.1) is 6.92 Å². The summed E-state index contributed by atoms with van der Waals surface area (Å²) in [4.78, 5) is 13.4. The summed E-state index contributed by atoms with van der Waals surface area (Å²) in [6, 6.07) is 20.6. The number of hydrazone groups is 1. The van der Waals surface area contributed by atoms with E-state index in [0.717, 1.165) is 22.4 Å². The summed E-state index contributed by atoms with van der Waals surface area (Å²) >= 11 is 6.31. The summed E-state index contributed by atoms with van der Waals surface area (Å²) in [7, 11) is 3.20. The standard InChI is InChI=1S/C25H23ClN2O3/c1-16-8-10-17(11-9-16)22-15-21(18-12-13-23(30-2)24(14-18)31-3)27-28(22)25(29)19-6-4-5-7-20(19)26/h4-14,22H,15H2,1-3H3/t22-/m0/s1. The number of amides is 1. The van der Waals surface area contributed by atoms with Crippen LogP contribution >= 0.6 is 11.6 Å². The van der Waals surface area contributed by atoms with Crippen LogP contribution in [0.4, 0.5) is 0 Å². The Bertz CT molecular complexity index is 1140. The highest BCUT2D eigenvalue weighted by Crippen LogP contribution is 2.36. The summed E-state index contributed by atoms with van der Waals surface area (Å²) in [6.07, 6.45) is 0.578. The summed E-state index contributed by atoms with van der Waals surface area (Å²) in [5.74, 6) is 1.03. The van der Waals surface area contributed by atoms with Crippen molar-refractivity contribution >= 4 is 23.2 Å². The molecule has 1 heterocycles. The molecule has 4 rings (SSSR count). The third-order valence-corrected chi connectivity index (χ3v) is 5.73. The number of rotatable bonds is 5. The molecule has 0 aromatic heterocycles. The van der Waals surface area contributed by atoms with E-state index < -0.39 is 0 Å². The van der Waals surface area contributed by atoms with Crippen molar-refractivity contribution in [3.8, 4) is 11.5 Å². The average Bonchev–Trinajstić information content (AvgIpc) is 3.24. The van der Waals surface area contributed by atoms with E-state index in [1.165, 1.54) is 5.01 Å². The van der Waals surface area contributed by atoms with Crippen LogP contribution in [0.15, 0.2) is 71.8 Å². The van der Waals surface area contributed by atoms with Crippen LogP contribution in [0.25, 0.3) is 0 Å². The Labute approximate surface area is 186 Å². The van der Waals surface area contributed by atoms with Crippen molar-refractivity contribution in [1.29, 1.82) is 0 Å². The maximum absolute atomic E-state index is 13.4. The molecule has 0 radical (unpaired) electrons. The van der Waals surface area contributed by atoms with Gasteiger partial charge in [-0.15, -0.1) is 0 Å². The van der Waals surface area contributed by atoms with E-state index in [1.807, 2.05) is 49.4 Å². The summed E-state index contributed by atoms with van der Waals surface area (Å²) in [5.41, 5.74) is 4.28. The molecule has 0 fully saturated rings. The second-order valence-electron chi connectivity index (χ2n) is 7.38. The lowest BCUT2D eigenvalue weighted by Gasteiger charge is -2.22. The van der Waals surface area contributed by atoms with E-state index >= 15 is 0 Å². The van der Waals surface area contributed by atoms with Gasteiger partial charge in [0.05, 0.1) is 36.6 Å². The lowest BCUT2D eigenvalue weighted by Crippen LogP contribution is -2.27. The number of halogens is 1. The van der Waals surface area contributed by atoms with Gasteiger partial charge in [-0.25, -0.2) is 5.01 Å². The van der Waals surface area contributed by atoms with Crippen molar-refractivity contribution in [3.63, 3.8) is 0 Å². The molecular formula is C25H23ClN2O3. The monoisotopic (exact) mass is 434 g/mol. The smallest absolute Gasteiger partial charge is 0.276 e. The van der Waals surface area contributed by atoms with Gasteiger partial charge in [0.2, 0.25) is 0 Å². The highest BCUT2D eigenvalue weighted by atomic mass is 35.5. The number of hydrogen-bond acceptors (Lipinski definition) is 4. The van der Waals surface area contributed by atoms with Crippen molar-refractivity contribution in [3.05, 3.63) is 94.0 Å². The number of hydrogen-bond donors (Lipinski definition) is 0. The molecule has 0 spiro atoms. The van der Waals surface area contributed by atoms with E-state index in [-0.39, 0.29) is 11.9 Å². The Balaban J connectivity index is 1.76. The van der Waals surface area contributed by atoms with Crippen molar-refractivity contribution in [2.75, 3.05) is 14.2 Å². The van der Waals surface area contributed by atoms with Crippen molar-refractivity contribution < 1.29 is 14.3 Å². The van der Waals surface area contributed by atoms with Crippen LogP contribution in [0.2, 0.25) is 5.02 Å². The van der Waals surface area contributed by atoms with Crippen LogP contribution in [0.1, 0.15) is 39.5 Å².